The van der Waals surface area contributed by atoms with Crippen LogP contribution in [0.25, 0.3) is 51.5 Å². The Kier molecular flexibility index (Phi) is 8.80. The third-order valence-corrected chi connectivity index (χ3v) is 9.92. The van der Waals surface area contributed by atoms with E-state index in [-0.39, 0.29) is 0 Å². The van der Waals surface area contributed by atoms with E-state index in [1.54, 1.807) is 17.4 Å². The van der Waals surface area contributed by atoms with Crippen molar-refractivity contribution in [1.82, 2.24) is 0 Å². The maximum absolute atomic E-state index is 9.31. The second-order valence-electron chi connectivity index (χ2n) is 9.64. The van der Waals surface area contributed by atoms with Crippen molar-refractivity contribution < 1.29 is 10.0 Å². The SMILES string of the molecule is Brc1ccccc1.OB(O)c1cccc2c1sc1ccccc12.c1ccc(-c2cccc3c2sc2ccccc23)cc1. The van der Waals surface area contributed by atoms with E-state index >= 15 is 0 Å². The number of hydrogen-bond donors (Lipinski definition) is 2. The first-order valence-corrected chi connectivity index (χ1v) is 16.0. The van der Waals surface area contributed by atoms with E-state index in [0.717, 1.165) is 14.6 Å². The maximum Gasteiger partial charge on any atom is 0.489 e. The molecule has 0 spiro atoms. The van der Waals surface area contributed by atoms with Gasteiger partial charge in [0.25, 0.3) is 0 Å². The molecule has 0 amide bonds. The van der Waals surface area contributed by atoms with Gasteiger partial charge in [0, 0.05) is 39.4 Å². The van der Waals surface area contributed by atoms with Crippen molar-refractivity contribution in [1.29, 1.82) is 0 Å². The third-order valence-electron chi connectivity index (χ3n) is 6.94. The molecule has 0 fully saturated rings. The molecule has 0 aliphatic carbocycles. The molecule has 2 nitrogen and oxygen atoms in total. The summed E-state index contributed by atoms with van der Waals surface area (Å²) < 4.78 is 6.01. The van der Waals surface area contributed by atoms with Gasteiger partial charge in [0.05, 0.1) is 0 Å². The van der Waals surface area contributed by atoms with Crippen molar-refractivity contribution in [3.63, 3.8) is 0 Å². The van der Waals surface area contributed by atoms with Crippen molar-refractivity contribution in [2.75, 3.05) is 0 Å². The molecular weight excluding hydrogens is 619 g/mol. The Morgan fingerprint density at radius 3 is 1.50 bits per heavy atom. The highest BCUT2D eigenvalue weighted by Crippen LogP contribution is 2.39. The number of hydrogen-bond acceptors (Lipinski definition) is 4. The van der Waals surface area contributed by atoms with E-state index in [9.17, 15) is 10.0 Å². The largest absolute Gasteiger partial charge is 0.489 e. The first-order valence-electron chi connectivity index (χ1n) is 13.5. The number of fused-ring (bicyclic) bond motifs is 6. The lowest BCUT2D eigenvalue weighted by molar-refractivity contribution is 0.426. The molecule has 2 aromatic heterocycles. The van der Waals surface area contributed by atoms with Gasteiger partial charge in [0.2, 0.25) is 0 Å². The lowest BCUT2D eigenvalue weighted by Crippen LogP contribution is -2.29. The first-order chi connectivity index (χ1) is 20.6. The van der Waals surface area contributed by atoms with Gasteiger partial charge in [0.15, 0.2) is 0 Å². The van der Waals surface area contributed by atoms with Gasteiger partial charge in [-0.15, -0.1) is 22.7 Å². The third kappa shape index (κ3) is 6.05. The summed E-state index contributed by atoms with van der Waals surface area (Å²) in [6.45, 7) is 0. The fourth-order valence-electron chi connectivity index (χ4n) is 4.98. The second kappa shape index (κ2) is 13.0. The monoisotopic (exact) mass is 644 g/mol. The molecule has 0 aliphatic heterocycles. The minimum absolute atomic E-state index is 0.582. The highest BCUT2D eigenvalue weighted by Gasteiger charge is 2.17. The standard InChI is InChI=1S/C18H12S.C12H9BO2S.C6H5Br/c1-2-7-13(8-3-1)14-10-6-11-16-15-9-4-5-12-17(15)19-18(14)16;14-13(15)10-6-3-5-9-8-4-1-2-7-11(8)16-12(9)10;7-6-4-2-1-3-5-6/h1-12H;1-7,14-15H;1-5H. The van der Waals surface area contributed by atoms with Crippen molar-refractivity contribution in [3.8, 4) is 11.1 Å². The maximum atomic E-state index is 9.31. The molecule has 0 unspecified atom stereocenters. The molecule has 2 N–H and O–H groups in total. The molecule has 8 aromatic rings. The quantitative estimate of drug-likeness (QED) is 0.184. The summed E-state index contributed by atoms with van der Waals surface area (Å²) in [6.07, 6.45) is 0. The smallest absolute Gasteiger partial charge is 0.423 e. The van der Waals surface area contributed by atoms with Crippen LogP contribution in [0.4, 0.5) is 0 Å². The topological polar surface area (TPSA) is 40.5 Å². The van der Waals surface area contributed by atoms with Crippen molar-refractivity contribution in [2.24, 2.45) is 0 Å². The van der Waals surface area contributed by atoms with E-state index in [2.05, 4.69) is 94.8 Å². The van der Waals surface area contributed by atoms with Crippen LogP contribution in [0, 0.1) is 0 Å². The Labute approximate surface area is 261 Å². The van der Waals surface area contributed by atoms with Gasteiger partial charge in [-0.05, 0) is 46.2 Å². The molecule has 42 heavy (non-hydrogen) atoms. The number of benzene rings is 6. The van der Waals surface area contributed by atoms with Gasteiger partial charge in [-0.3, -0.25) is 0 Å². The first kappa shape index (κ1) is 28.3. The molecular formula is C36H26BBrO2S2. The molecule has 0 aliphatic rings. The van der Waals surface area contributed by atoms with Crippen LogP contribution in [0.15, 0.2) is 150 Å². The fraction of sp³-hybridized carbons (Fsp3) is 0. The lowest BCUT2D eigenvalue weighted by atomic mass is 9.80. The summed E-state index contributed by atoms with van der Waals surface area (Å²) in [4.78, 5) is 0. The molecule has 0 radical (unpaired) electrons. The predicted octanol–water partition coefficient (Wildman–Crippen LogP) is 9.90. The van der Waals surface area contributed by atoms with Crippen LogP contribution in [0.1, 0.15) is 0 Å². The fourth-order valence-corrected chi connectivity index (χ4v) is 7.76. The summed E-state index contributed by atoms with van der Waals surface area (Å²) in [5, 5.41) is 23.6. The zero-order valence-electron chi connectivity index (χ0n) is 22.5. The Hall–Kier alpha value is -3.78. The average molecular weight is 645 g/mol. The minimum atomic E-state index is -1.41. The van der Waals surface area contributed by atoms with Crippen LogP contribution in [0.5, 0.6) is 0 Å². The summed E-state index contributed by atoms with van der Waals surface area (Å²) in [6, 6.07) is 49.5. The predicted molar refractivity (Wildman–Crippen MR) is 188 cm³/mol. The van der Waals surface area contributed by atoms with Crippen molar-refractivity contribution >= 4 is 91.5 Å². The summed E-state index contributed by atoms with van der Waals surface area (Å²) in [5.41, 5.74) is 3.21. The van der Waals surface area contributed by atoms with Crippen LogP contribution in [-0.2, 0) is 0 Å². The van der Waals surface area contributed by atoms with Crippen LogP contribution in [-0.4, -0.2) is 17.2 Å². The minimum Gasteiger partial charge on any atom is -0.423 e. The van der Waals surface area contributed by atoms with E-state index in [0.29, 0.717) is 5.46 Å². The van der Waals surface area contributed by atoms with Gasteiger partial charge in [0.1, 0.15) is 0 Å². The second-order valence-corrected chi connectivity index (χ2v) is 12.7. The van der Waals surface area contributed by atoms with Gasteiger partial charge in [-0.1, -0.05) is 137 Å². The molecule has 0 saturated carbocycles. The van der Waals surface area contributed by atoms with Crippen LogP contribution >= 0.6 is 38.6 Å². The Morgan fingerprint density at radius 2 is 0.929 bits per heavy atom. The number of halogens is 1. The summed E-state index contributed by atoms with van der Waals surface area (Å²) in [5.74, 6) is 0. The Bertz CT molecular complexity index is 2090. The van der Waals surface area contributed by atoms with Crippen LogP contribution < -0.4 is 5.46 Å². The van der Waals surface area contributed by atoms with Crippen LogP contribution in [0.2, 0.25) is 0 Å². The summed E-state index contributed by atoms with van der Waals surface area (Å²) >= 11 is 6.79. The molecule has 0 atom stereocenters. The van der Waals surface area contributed by atoms with Crippen LogP contribution in [0.3, 0.4) is 0 Å². The van der Waals surface area contributed by atoms with Gasteiger partial charge in [-0.25, -0.2) is 0 Å². The van der Waals surface area contributed by atoms with E-state index < -0.39 is 7.12 Å². The Balaban J connectivity index is 0.000000124. The molecule has 6 heteroatoms. The lowest BCUT2D eigenvalue weighted by Gasteiger charge is -2.02. The Morgan fingerprint density at radius 1 is 0.452 bits per heavy atom. The molecule has 0 bridgehead atoms. The normalized spacial score (nSPS) is 10.7. The molecule has 8 rings (SSSR count). The van der Waals surface area contributed by atoms with Gasteiger partial charge < -0.3 is 10.0 Å². The molecule has 2 heterocycles. The van der Waals surface area contributed by atoms with Crippen molar-refractivity contribution in [2.45, 2.75) is 0 Å². The number of rotatable bonds is 2. The van der Waals surface area contributed by atoms with E-state index in [1.165, 1.54) is 41.4 Å². The highest BCUT2D eigenvalue weighted by atomic mass is 79.9. The highest BCUT2D eigenvalue weighted by molar-refractivity contribution is 9.10. The molecule has 204 valence electrons. The molecule has 6 aromatic carbocycles. The zero-order chi connectivity index (χ0) is 28.9. The summed E-state index contributed by atoms with van der Waals surface area (Å²) in [7, 11) is -1.41. The number of thiophene rings is 2. The van der Waals surface area contributed by atoms with E-state index in [4.69, 9.17) is 0 Å². The average Bonchev–Trinajstić information content (AvgIpc) is 3.61. The van der Waals surface area contributed by atoms with E-state index in [1.807, 2.05) is 72.0 Å². The molecule has 0 saturated heterocycles. The zero-order valence-corrected chi connectivity index (χ0v) is 25.7. The van der Waals surface area contributed by atoms with Gasteiger partial charge >= 0.3 is 7.12 Å². The van der Waals surface area contributed by atoms with Crippen molar-refractivity contribution in [3.05, 3.63) is 150 Å². The van der Waals surface area contributed by atoms with Gasteiger partial charge in [-0.2, -0.15) is 0 Å².